The molecule has 1 heterocycles. The van der Waals surface area contributed by atoms with Gasteiger partial charge in [0.1, 0.15) is 13.2 Å². The van der Waals surface area contributed by atoms with Gasteiger partial charge in [0.2, 0.25) is 0 Å². The number of methoxy groups -OCH3 is 1. The van der Waals surface area contributed by atoms with Crippen LogP contribution in [0.25, 0.3) is 0 Å². The average molecular weight is 357 g/mol. The van der Waals surface area contributed by atoms with Crippen molar-refractivity contribution < 1.29 is 23.7 Å². The van der Waals surface area contributed by atoms with Crippen molar-refractivity contribution in [3.8, 4) is 23.0 Å². The summed E-state index contributed by atoms with van der Waals surface area (Å²) in [5.41, 5.74) is 1.62. The van der Waals surface area contributed by atoms with Crippen molar-refractivity contribution in [3.05, 3.63) is 47.5 Å². The molecule has 0 aromatic heterocycles. The molecule has 3 rings (SSSR count). The van der Waals surface area contributed by atoms with E-state index in [0.717, 1.165) is 17.1 Å². The molecule has 0 spiro atoms. The van der Waals surface area contributed by atoms with E-state index in [9.17, 15) is 4.79 Å². The molecular formula is C20H23NO5. The Morgan fingerprint density at radius 3 is 2.65 bits per heavy atom. The summed E-state index contributed by atoms with van der Waals surface area (Å²) < 4.78 is 21.8. The van der Waals surface area contributed by atoms with E-state index >= 15 is 0 Å². The number of hydrogen-bond acceptors (Lipinski definition) is 5. The number of fused-ring (bicyclic) bond motifs is 1. The minimum atomic E-state index is -0.147. The largest absolute Gasteiger partial charge is 0.493 e. The smallest absolute Gasteiger partial charge is 0.251 e. The molecule has 0 saturated heterocycles. The summed E-state index contributed by atoms with van der Waals surface area (Å²) in [7, 11) is 1.57. The molecule has 6 heteroatoms. The lowest BCUT2D eigenvalue weighted by atomic mass is 10.1. The Labute approximate surface area is 153 Å². The van der Waals surface area contributed by atoms with Crippen LogP contribution in [-0.2, 0) is 6.42 Å². The van der Waals surface area contributed by atoms with Gasteiger partial charge in [0.25, 0.3) is 5.91 Å². The normalized spacial score (nSPS) is 12.4. The first-order chi connectivity index (χ1) is 12.7. The first kappa shape index (κ1) is 17.9. The van der Waals surface area contributed by atoms with E-state index in [4.69, 9.17) is 18.9 Å². The van der Waals surface area contributed by atoms with Crippen molar-refractivity contribution in [1.29, 1.82) is 0 Å². The second kappa shape index (κ2) is 8.47. The Kier molecular flexibility index (Phi) is 5.84. The standard InChI is InChI=1S/C20H23NO5/c1-3-24-19-13-15(5-7-16(19)23-2)20(22)21-9-8-14-4-6-17-18(12-14)26-11-10-25-17/h4-7,12-13H,3,8-11H2,1-2H3,(H,21,22). The number of nitrogens with one attached hydrogen (secondary N) is 1. The molecule has 1 aliphatic rings. The number of carbonyl (C=O) groups is 1. The van der Waals surface area contributed by atoms with Gasteiger partial charge in [-0.2, -0.15) is 0 Å². The van der Waals surface area contributed by atoms with E-state index in [1.807, 2.05) is 25.1 Å². The van der Waals surface area contributed by atoms with E-state index in [2.05, 4.69) is 5.32 Å². The molecule has 0 aliphatic carbocycles. The Bertz CT molecular complexity index is 775. The monoisotopic (exact) mass is 357 g/mol. The molecule has 0 saturated carbocycles. The molecule has 0 bridgehead atoms. The summed E-state index contributed by atoms with van der Waals surface area (Å²) in [6.07, 6.45) is 0.705. The predicted molar refractivity (Wildman–Crippen MR) is 97.6 cm³/mol. The molecule has 1 amide bonds. The molecular weight excluding hydrogens is 334 g/mol. The Hall–Kier alpha value is -2.89. The Balaban J connectivity index is 1.58. The van der Waals surface area contributed by atoms with Crippen LogP contribution in [0, 0.1) is 0 Å². The van der Waals surface area contributed by atoms with Crippen molar-refractivity contribution in [1.82, 2.24) is 5.32 Å². The maximum absolute atomic E-state index is 12.4. The molecule has 0 fully saturated rings. The van der Waals surface area contributed by atoms with Gasteiger partial charge in [0.15, 0.2) is 23.0 Å². The molecule has 2 aromatic rings. The SMILES string of the molecule is CCOc1cc(C(=O)NCCc2ccc3c(c2)OCCO3)ccc1OC. The molecule has 0 unspecified atom stereocenters. The lowest BCUT2D eigenvalue weighted by Gasteiger charge is -2.18. The van der Waals surface area contributed by atoms with E-state index in [0.29, 0.717) is 49.8 Å². The van der Waals surface area contributed by atoms with E-state index in [-0.39, 0.29) is 5.91 Å². The minimum Gasteiger partial charge on any atom is -0.493 e. The summed E-state index contributed by atoms with van der Waals surface area (Å²) in [5.74, 6) is 2.56. The number of hydrogen-bond donors (Lipinski definition) is 1. The zero-order valence-corrected chi connectivity index (χ0v) is 15.0. The van der Waals surface area contributed by atoms with Crippen LogP contribution in [0.1, 0.15) is 22.8 Å². The summed E-state index contributed by atoms with van der Waals surface area (Å²) in [5, 5.41) is 2.93. The molecule has 0 atom stereocenters. The highest BCUT2D eigenvalue weighted by Gasteiger charge is 2.13. The fraction of sp³-hybridized carbons (Fsp3) is 0.350. The van der Waals surface area contributed by atoms with Crippen LogP contribution in [0.15, 0.2) is 36.4 Å². The van der Waals surface area contributed by atoms with Crippen LogP contribution < -0.4 is 24.3 Å². The van der Waals surface area contributed by atoms with Crippen LogP contribution in [0.4, 0.5) is 0 Å². The highest BCUT2D eigenvalue weighted by atomic mass is 16.6. The van der Waals surface area contributed by atoms with Crippen LogP contribution in [0.5, 0.6) is 23.0 Å². The minimum absolute atomic E-state index is 0.147. The molecule has 2 aromatic carbocycles. The third-order valence-electron chi connectivity index (χ3n) is 4.03. The second-order valence-electron chi connectivity index (χ2n) is 5.78. The maximum atomic E-state index is 12.4. The van der Waals surface area contributed by atoms with Crippen LogP contribution in [0.2, 0.25) is 0 Å². The summed E-state index contributed by atoms with van der Waals surface area (Å²) in [6.45, 7) is 4.06. The Morgan fingerprint density at radius 2 is 1.88 bits per heavy atom. The van der Waals surface area contributed by atoms with E-state index in [1.165, 1.54) is 0 Å². The van der Waals surface area contributed by atoms with Gasteiger partial charge in [-0.25, -0.2) is 0 Å². The van der Waals surface area contributed by atoms with Crippen LogP contribution in [-0.4, -0.2) is 39.4 Å². The lowest BCUT2D eigenvalue weighted by molar-refractivity contribution is 0.0953. The van der Waals surface area contributed by atoms with E-state index < -0.39 is 0 Å². The van der Waals surface area contributed by atoms with Gasteiger partial charge in [-0.05, 0) is 49.2 Å². The highest BCUT2D eigenvalue weighted by molar-refractivity contribution is 5.94. The second-order valence-corrected chi connectivity index (χ2v) is 5.78. The fourth-order valence-electron chi connectivity index (χ4n) is 2.75. The van der Waals surface area contributed by atoms with Gasteiger partial charge in [-0.3, -0.25) is 4.79 Å². The summed E-state index contributed by atoms with van der Waals surface area (Å²) >= 11 is 0. The first-order valence-electron chi connectivity index (χ1n) is 8.69. The fourth-order valence-corrected chi connectivity index (χ4v) is 2.75. The lowest BCUT2D eigenvalue weighted by Crippen LogP contribution is -2.25. The zero-order chi connectivity index (χ0) is 18.4. The number of rotatable bonds is 7. The van der Waals surface area contributed by atoms with Gasteiger partial charge >= 0.3 is 0 Å². The van der Waals surface area contributed by atoms with Gasteiger partial charge in [0.05, 0.1) is 13.7 Å². The van der Waals surface area contributed by atoms with Crippen LogP contribution >= 0.6 is 0 Å². The summed E-state index contributed by atoms with van der Waals surface area (Å²) in [6, 6.07) is 11.0. The first-order valence-corrected chi connectivity index (χ1v) is 8.69. The summed E-state index contributed by atoms with van der Waals surface area (Å²) in [4.78, 5) is 12.4. The third-order valence-corrected chi connectivity index (χ3v) is 4.03. The maximum Gasteiger partial charge on any atom is 0.251 e. The molecule has 6 nitrogen and oxygen atoms in total. The number of ether oxygens (including phenoxy) is 4. The number of benzene rings is 2. The molecule has 0 radical (unpaired) electrons. The van der Waals surface area contributed by atoms with Crippen LogP contribution in [0.3, 0.4) is 0 Å². The zero-order valence-electron chi connectivity index (χ0n) is 15.0. The number of carbonyl (C=O) groups excluding carboxylic acids is 1. The van der Waals surface area contributed by atoms with Gasteiger partial charge in [0, 0.05) is 12.1 Å². The van der Waals surface area contributed by atoms with E-state index in [1.54, 1.807) is 25.3 Å². The molecule has 1 N–H and O–H groups in total. The average Bonchev–Trinajstić information content (AvgIpc) is 2.68. The van der Waals surface area contributed by atoms with Gasteiger partial charge in [-0.15, -0.1) is 0 Å². The van der Waals surface area contributed by atoms with Crippen molar-refractivity contribution in [2.45, 2.75) is 13.3 Å². The van der Waals surface area contributed by atoms with Crippen molar-refractivity contribution in [3.63, 3.8) is 0 Å². The number of amides is 1. The van der Waals surface area contributed by atoms with Gasteiger partial charge < -0.3 is 24.3 Å². The van der Waals surface area contributed by atoms with Crippen molar-refractivity contribution >= 4 is 5.91 Å². The van der Waals surface area contributed by atoms with Crippen molar-refractivity contribution in [2.75, 3.05) is 33.5 Å². The molecule has 138 valence electrons. The van der Waals surface area contributed by atoms with Crippen molar-refractivity contribution in [2.24, 2.45) is 0 Å². The third kappa shape index (κ3) is 4.20. The molecule has 1 aliphatic heterocycles. The quantitative estimate of drug-likeness (QED) is 0.825. The topological polar surface area (TPSA) is 66.0 Å². The highest BCUT2D eigenvalue weighted by Crippen LogP contribution is 2.31. The predicted octanol–water partition coefficient (Wildman–Crippen LogP) is 2.84. The molecule has 26 heavy (non-hydrogen) atoms. The van der Waals surface area contributed by atoms with Gasteiger partial charge in [-0.1, -0.05) is 6.07 Å². The Morgan fingerprint density at radius 1 is 1.08 bits per heavy atom.